The molecule has 0 amide bonds. The van der Waals surface area contributed by atoms with E-state index < -0.39 is 0 Å². The maximum Gasteiger partial charge on any atom is 0.380 e. The van der Waals surface area contributed by atoms with Crippen molar-refractivity contribution in [2.45, 2.75) is 38.4 Å². The van der Waals surface area contributed by atoms with E-state index in [0.29, 0.717) is 0 Å². The molecule has 1 aliphatic carbocycles. The van der Waals surface area contributed by atoms with E-state index in [4.69, 9.17) is 14.1 Å². The Morgan fingerprint density at radius 3 is 2.38 bits per heavy atom. The van der Waals surface area contributed by atoms with Crippen molar-refractivity contribution in [2.75, 3.05) is 20.8 Å². The summed E-state index contributed by atoms with van der Waals surface area (Å²) in [6.07, 6.45) is 4.03. The van der Waals surface area contributed by atoms with E-state index in [1.165, 1.54) is 0 Å². The van der Waals surface area contributed by atoms with Crippen molar-refractivity contribution in [3.05, 3.63) is 0 Å². The molecule has 2 unspecified atom stereocenters. The summed E-state index contributed by atoms with van der Waals surface area (Å²) >= 11 is 4.16. The van der Waals surface area contributed by atoms with Gasteiger partial charge in [0.1, 0.15) is 0 Å². The molecule has 1 fully saturated rings. The molecule has 1 aliphatic rings. The van der Waals surface area contributed by atoms with Crippen molar-refractivity contribution < 1.29 is 14.1 Å². The third kappa shape index (κ3) is 3.88. The van der Waals surface area contributed by atoms with E-state index in [9.17, 15) is 0 Å². The Labute approximate surface area is 107 Å². The molecule has 0 spiro atoms. The van der Waals surface area contributed by atoms with Crippen LogP contribution in [0.25, 0.3) is 0 Å². The van der Waals surface area contributed by atoms with Gasteiger partial charge in [0.2, 0.25) is 0 Å². The first kappa shape index (κ1) is 14.8. The lowest BCUT2D eigenvalue weighted by molar-refractivity contribution is -0.205. The third-order valence-electron chi connectivity index (χ3n) is 3.54. The third-order valence-corrected chi connectivity index (χ3v) is 3.89. The van der Waals surface area contributed by atoms with Gasteiger partial charge in [0.25, 0.3) is 0 Å². The number of ether oxygens (including phenoxy) is 2. The SMILES string of the molecule is COC1(OC)CCC(C)(CCOB(P)S)C1. The normalized spacial score (nSPS) is 28.3. The summed E-state index contributed by atoms with van der Waals surface area (Å²) in [6.45, 7) is 3.00. The monoisotopic (exact) mass is 264 g/mol. The van der Waals surface area contributed by atoms with E-state index in [-0.39, 0.29) is 17.1 Å². The lowest BCUT2D eigenvalue weighted by Gasteiger charge is -2.29. The molecule has 94 valence electrons. The van der Waals surface area contributed by atoms with Gasteiger partial charge in [-0.25, -0.2) is 0 Å². The molecule has 0 radical (unpaired) electrons. The highest BCUT2D eigenvalue weighted by Gasteiger charge is 2.46. The van der Waals surface area contributed by atoms with Crippen LogP contribution in [0.15, 0.2) is 0 Å². The Kier molecular flexibility index (Phi) is 5.60. The molecule has 16 heavy (non-hydrogen) atoms. The fourth-order valence-electron chi connectivity index (χ4n) is 2.39. The molecule has 0 bridgehead atoms. The van der Waals surface area contributed by atoms with Gasteiger partial charge in [-0.2, -0.15) is 12.5 Å². The summed E-state index contributed by atoms with van der Waals surface area (Å²) in [4.78, 5) is 0. The molecule has 0 aliphatic heterocycles. The summed E-state index contributed by atoms with van der Waals surface area (Å²) in [6, 6.07) is 0. The number of hydrogen-bond donors (Lipinski definition) is 1. The topological polar surface area (TPSA) is 27.7 Å². The van der Waals surface area contributed by atoms with E-state index in [0.717, 1.165) is 32.3 Å². The van der Waals surface area contributed by atoms with Crippen LogP contribution in [0.2, 0.25) is 0 Å². The van der Waals surface area contributed by atoms with Crippen molar-refractivity contribution in [3.63, 3.8) is 0 Å². The zero-order valence-corrected chi connectivity index (χ0v) is 12.4. The fraction of sp³-hybridized carbons (Fsp3) is 1.00. The smallest absolute Gasteiger partial charge is 0.380 e. The summed E-state index contributed by atoms with van der Waals surface area (Å²) in [5.74, 6) is -0.449. The summed E-state index contributed by atoms with van der Waals surface area (Å²) < 4.78 is 16.4. The first-order chi connectivity index (χ1) is 7.45. The minimum Gasteiger partial charge on any atom is -0.422 e. The lowest BCUT2D eigenvalue weighted by Crippen LogP contribution is -2.32. The molecule has 0 heterocycles. The van der Waals surface area contributed by atoms with E-state index in [1.54, 1.807) is 14.2 Å². The van der Waals surface area contributed by atoms with Gasteiger partial charge in [0.15, 0.2) is 5.79 Å². The molecule has 6 heteroatoms. The molecule has 0 saturated heterocycles. The van der Waals surface area contributed by atoms with Crippen LogP contribution in [-0.4, -0.2) is 32.5 Å². The molecule has 0 aromatic carbocycles. The molecule has 0 N–H and O–H groups in total. The second-order valence-corrected chi connectivity index (χ2v) is 6.49. The zero-order chi connectivity index (χ0) is 12.2. The highest BCUT2D eigenvalue weighted by molar-refractivity contribution is 8.23. The van der Waals surface area contributed by atoms with Crippen LogP contribution < -0.4 is 0 Å². The number of rotatable bonds is 6. The van der Waals surface area contributed by atoms with Crippen molar-refractivity contribution in [3.8, 4) is 0 Å². The molecule has 0 aromatic heterocycles. The van der Waals surface area contributed by atoms with Gasteiger partial charge in [0, 0.05) is 33.7 Å². The maximum atomic E-state index is 5.49. The van der Waals surface area contributed by atoms with Gasteiger partial charge in [-0.1, -0.05) is 6.92 Å². The maximum absolute atomic E-state index is 5.49. The molecule has 1 rings (SSSR count). The minimum absolute atomic E-state index is 0.0698. The first-order valence-electron chi connectivity index (χ1n) is 5.61. The van der Waals surface area contributed by atoms with Crippen molar-refractivity contribution in [1.82, 2.24) is 0 Å². The van der Waals surface area contributed by atoms with E-state index in [2.05, 4.69) is 28.5 Å². The molecule has 0 aromatic rings. The molecule has 3 nitrogen and oxygen atoms in total. The van der Waals surface area contributed by atoms with E-state index in [1.807, 2.05) is 0 Å². The van der Waals surface area contributed by atoms with Crippen LogP contribution in [0.5, 0.6) is 0 Å². The number of thiol groups is 1. The first-order valence-corrected chi connectivity index (χ1v) is 6.79. The van der Waals surface area contributed by atoms with Crippen LogP contribution in [-0.2, 0) is 14.1 Å². The van der Waals surface area contributed by atoms with Gasteiger partial charge in [-0.3, -0.25) is 0 Å². The minimum atomic E-state index is -0.379. The zero-order valence-electron chi connectivity index (χ0n) is 10.4. The van der Waals surface area contributed by atoms with Gasteiger partial charge < -0.3 is 14.1 Å². The highest BCUT2D eigenvalue weighted by atomic mass is 32.1. The predicted molar refractivity (Wildman–Crippen MR) is 73.7 cm³/mol. The van der Waals surface area contributed by atoms with Gasteiger partial charge in [-0.05, 0) is 18.3 Å². The second kappa shape index (κ2) is 6.06. The van der Waals surface area contributed by atoms with Gasteiger partial charge in [0.05, 0.1) is 0 Å². The van der Waals surface area contributed by atoms with Crippen LogP contribution in [0.3, 0.4) is 0 Å². The Balaban J connectivity index is 2.42. The molecule has 1 saturated carbocycles. The lowest BCUT2D eigenvalue weighted by atomic mass is 9.85. The molecule has 2 atom stereocenters. The predicted octanol–water partition coefficient (Wildman–Crippen LogP) is 2.36. The van der Waals surface area contributed by atoms with Crippen LogP contribution in [0, 0.1) is 5.41 Å². The van der Waals surface area contributed by atoms with E-state index >= 15 is 0 Å². The Morgan fingerprint density at radius 1 is 1.31 bits per heavy atom. The van der Waals surface area contributed by atoms with Crippen LogP contribution >= 0.6 is 21.6 Å². The van der Waals surface area contributed by atoms with Gasteiger partial charge >= 0.3 is 5.91 Å². The quantitative estimate of drug-likeness (QED) is 0.345. The van der Waals surface area contributed by atoms with Gasteiger partial charge in [-0.15, -0.1) is 9.12 Å². The van der Waals surface area contributed by atoms with Crippen LogP contribution in [0.4, 0.5) is 0 Å². The Hall–Kier alpha value is 0.725. The van der Waals surface area contributed by atoms with Crippen molar-refractivity contribution in [2.24, 2.45) is 5.41 Å². The van der Waals surface area contributed by atoms with Crippen molar-refractivity contribution >= 4 is 27.5 Å². The second-order valence-electron chi connectivity index (χ2n) is 4.82. The average molecular weight is 264 g/mol. The number of methoxy groups -OCH3 is 2. The highest BCUT2D eigenvalue weighted by Crippen LogP contribution is 2.48. The largest absolute Gasteiger partial charge is 0.422 e. The molecular formula is C10H22BO3PS. The Bertz CT molecular complexity index is 226. The summed E-state index contributed by atoms with van der Waals surface area (Å²) in [7, 11) is 5.96. The molecular weight excluding hydrogens is 242 g/mol. The number of hydrogen-bond acceptors (Lipinski definition) is 4. The average Bonchev–Trinajstić information content (AvgIpc) is 2.57. The summed E-state index contributed by atoms with van der Waals surface area (Å²) in [5.41, 5.74) is 0.249. The Morgan fingerprint density at radius 2 is 1.94 bits per heavy atom. The standard InChI is InChI=1S/C10H22BO3PS/c1-9(6-7-14-11(15)16)4-5-10(8-9,12-2)13-3/h16H,4-8,15H2,1-3H3. The summed E-state index contributed by atoms with van der Waals surface area (Å²) in [5, 5.41) is 0. The van der Waals surface area contributed by atoms with Crippen molar-refractivity contribution in [1.29, 1.82) is 0 Å². The van der Waals surface area contributed by atoms with Crippen LogP contribution in [0.1, 0.15) is 32.6 Å². The fourth-order valence-corrected chi connectivity index (χ4v) is 2.63.